The Kier molecular flexibility index (Phi) is 4.11. The lowest BCUT2D eigenvalue weighted by molar-refractivity contribution is 0.199. The Balaban J connectivity index is 3.24. The zero-order valence-electron chi connectivity index (χ0n) is 8.37. The third-order valence-corrected chi connectivity index (χ3v) is 2.96. The summed E-state index contributed by atoms with van der Waals surface area (Å²) in [6.45, 7) is 1.71. The normalized spacial score (nSPS) is 12.6. The number of halogens is 1. The van der Waals surface area contributed by atoms with E-state index in [0.29, 0.717) is 10.8 Å². The molecule has 2 nitrogen and oxygen atoms in total. The number of aliphatic hydroxyl groups is 1. The Morgan fingerprint density at radius 3 is 2.57 bits per heavy atom. The average Bonchev–Trinajstić information content (AvgIpc) is 2.16. The fourth-order valence-electron chi connectivity index (χ4n) is 1.18. The van der Waals surface area contributed by atoms with E-state index in [2.05, 4.69) is 0 Å². The van der Waals surface area contributed by atoms with Crippen LogP contribution in [0.2, 0.25) is 5.02 Å². The molecule has 1 aromatic rings. The number of benzene rings is 1. The molecule has 4 heteroatoms. The topological polar surface area (TPSA) is 29.5 Å². The summed E-state index contributed by atoms with van der Waals surface area (Å²) in [7, 11) is 1.59. The molecular formula is C10H13ClO2S. The molecule has 0 saturated carbocycles. The summed E-state index contributed by atoms with van der Waals surface area (Å²) in [5.74, 6) is 0.670. The molecule has 0 radical (unpaired) electrons. The monoisotopic (exact) mass is 232 g/mol. The lowest BCUT2D eigenvalue weighted by atomic mass is 10.1. The van der Waals surface area contributed by atoms with Crippen molar-refractivity contribution in [1.82, 2.24) is 0 Å². The highest BCUT2D eigenvalue weighted by atomic mass is 35.5. The van der Waals surface area contributed by atoms with Gasteiger partial charge >= 0.3 is 0 Å². The number of rotatable bonds is 3. The second kappa shape index (κ2) is 4.91. The van der Waals surface area contributed by atoms with Crippen LogP contribution in [0.4, 0.5) is 0 Å². The van der Waals surface area contributed by atoms with E-state index in [4.69, 9.17) is 16.3 Å². The van der Waals surface area contributed by atoms with Crippen molar-refractivity contribution < 1.29 is 9.84 Å². The van der Waals surface area contributed by atoms with Crippen molar-refractivity contribution in [3.05, 3.63) is 22.7 Å². The maximum absolute atomic E-state index is 9.42. The summed E-state index contributed by atoms with van der Waals surface area (Å²) in [5.41, 5.74) is 0.806. The molecule has 0 aromatic heterocycles. The second-order valence-electron chi connectivity index (χ2n) is 2.91. The lowest BCUT2D eigenvalue weighted by Crippen LogP contribution is -1.94. The first-order valence-electron chi connectivity index (χ1n) is 4.19. The van der Waals surface area contributed by atoms with E-state index in [1.165, 1.54) is 0 Å². The van der Waals surface area contributed by atoms with E-state index in [-0.39, 0.29) is 0 Å². The molecule has 0 heterocycles. The van der Waals surface area contributed by atoms with E-state index < -0.39 is 6.10 Å². The minimum absolute atomic E-state index is 0.510. The molecule has 0 aliphatic rings. The zero-order chi connectivity index (χ0) is 10.7. The Labute approximate surface area is 93.2 Å². The molecule has 78 valence electrons. The van der Waals surface area contributed by atoms with Gasteiger partial charge in [0, 0.05) is 0 Å². The van der Waals surface area contributed by atoms with E-state index in [0.717, 1.165) is 10.5 Å². The number of thioether (sulfide) groups is 1. The molecule has 0 saturated heterocycles. The van der Waals surface area contributed by atoms with Crippen molar-refractivity contribution in [2.45, 2.75) is 17.9 Å². The highest BCUT2D eigenvalue weighted by Crippen LogP contribution is 2.37. The summed E-state index contributed by atoms with van der Waals surface area (Å²) in [6.07, 6.45) is 1.43. The maximum atomic E-state index is 9.42. The summed E-state index contributed by atoms with van der Waals surface area (Å²) in [4.78, 5) is 0.941. The molecule has 0 spiro atoms. The van der Waals surface area contributed by atoms with Crippen molar-refractivity contribution >= 4 is 23.4 Å². The highest BCUT2D eigenvalue weighted by molar-refractivity contribution is 7.98. The van der Waals surface area contributed by atoms with Gasteiger partial charge in [-0.2, -0.15) is 0 Å². The third-order valence-electron chi connectivity index (χ3n) is 1.94. The fourth-order valence-corrected chi connectivity index (χ4v) is 2.17. The van der Waals surface area contributed by atoms with Crippen LogP contribution in [0, 0.1) is 0 Å². The number of aliphatic hydroxyl groups excluding tert-OH is 1. The van der Waals surface area contributed by atoms with Gasteiger partial charge in [0.2, 0.25) is 0 Å². The summed E-state index contributed by atoms with van der Waals surface area (Å²) >= 11 is 7.55. The highest BCUT2D eigenvalue weighted by Gasteiger charge is 2.11. The minimum atomic E-state index is -0.510. The largest absolute Gasteiger partial charge is 0.494 e. The zero-order valence-corrected chi connectivity index (χ0v) is 9.95. The Morgan fingerprint density at radius 2 is 2.14 bits per heavy atom. The number of ether oxygens (including phenoxy) is 1. The predicted octanol–water partition coefficient (Wildman–Crippen LogP) is 3.12. The van der Waals surface area contributed by atoms with Gasteiger partial charge in [-0.15, -0.1) is 11.8 Å². The van der Waals surface area contributed by atoms with Crippen LogP contribution in [0.5, 0.6) is 5.75 Å². The van der Waals surface area contributed by atoms with E-state index in [1.807, 2.05) is 12.3 Å². The van der Waals surface area contributed by atoms with E-state index >= 15 is 0 Å². The summed E-state index contributed by atoms with van der Waals surface area (Å²) < 4.78 is 5.17. The summed E-state index contributed by atoms with van der Waals surface area (Å²) in [6, 6.07) is 3.62. The fraction of sp³-hybridized carbons (Fsp3) is 0.400. The molecule has 0 aliphatic heterocycles. The van der Waals surface area contributed by atoms with Gasteiger partial charge in [-0.25, -0.2) is 0 Å². The van der Waals surface area contributed by atoms with Crippen LogP contribution in [-0.2, 0) is 0 Å². The molecule has 0 amide bonds. The van der Waals surface area contributed by atoms with Crippen LogP contribution in [0.3, 0.4) is 0 Å². The van der Waals surface area contributed by atoms with Crippen molar-refractivity contribution in [1.29, 1.82) is 0 Å². The van der Waals surface area contributed by atoms with Crippen LogP contribution >= 0.6 is 23.4 Å². The van der Waals surface area contributed by atoms with Gasteiger partial charge in [0.1, 0.15) is 0 Å². The molecule has 14 heavy (non-hydrogen) atoms. The molecule has 1 rings (SSSR count). The second-order valence-corrected chi connectivity index (χ2v) is 4.17. The Hall–Kier alpha value is -0.380. The first-order chi connectivity index (χ1) is 6.60. The number of hydrogen-bond acceptors (Lipinski definition) is 3. The van der Waals surface area contributed by atoms with Crippen molar-refractivity contribution in [2.75, 3.05) is 13.4 Å². The molecule has 0 fully saturated rings. The van der Waals surface area contributed by atoms with E-state index in [9.17, 15) is 5.11 Å². The average molecular weight is 233 g/mol. The van der Waals surface area contributed by atoms with Gasteiger partial charge in [-0.1, -0.05) is 11.6 Å². The van der Waals surface area contributed by atoms with Crippen molar-refractivity contribution in [2.24, 2.45) is 0 Å². The van der Waals surface area contributed by atoms with E-state index in [1.54, 1.807) is 31.9 Å². The van der Waals surface area contributed by atoms with Gasteiger partial charge < -0.3 is 9.84 Å². The van der Waals surface area contributed by atoms with Crippen LogP contribution in [0.1, 0.15) is 18.6 Å². The SMILES string of the molecule is COc1c(Cl)cc(C(C)O)cc1SC. The minimum Gasteiger partial charge on any atom is -0.494 e. The van der Waals surface area contributed by atoms with Gasteiger partial charge in [-0.3, -0.25) is 0 Å². The van der Waals surface area contributed by atoms with Gasteiger partial charge in [0.05, 0.1) is 23.1 Å². The molecule has 1 aromatic carbocycles. The molecule has 1 atom stereocenters. The van der Waals surface area contributed by atoms with Crippen molar-refractivity contribution in [3.63, 3.8) is 0 Å². The quantitative estimate of drug-likeness (QED) is 0.812. The standard InChI is InChI=1S/C10H13ClO2S/c1-6(12)7-4-8(11)10(13-2)9(5-7)14-3/h4-6,12H,1-3H3. The number of methoxy groups -OCH3 is 1. The van der Waals surface area contributed by atoms with Gasteiger partial charge in [0.15, 0.2) is 5.75 Å². The molecular weight excluding hydrogens is 220 g/mol. The predicted molar refractivity (Wildman–Crippen MR) is 60.4 cm³/mol. The van der Waals surface area contributed by atoms with Crippen LogP contribution in [0.15, 0.2) is 17.0 Å². The third kappa shape index (κ3) is 2.35. The van der Waals surface area contributed by atoms with Gasteiger partial charge in [-0.05, 0) is 30.9 Å². The molecule has 1 unspecified atom stereocenters. The van der Waals surface area contributed by atoms with Gasteiger partial charge in [0.25, 0.3) is 0 Å². The molecule has 0 bridgehead atoms. The first kappa shape index (κ1) is 11.7. The Morgan fingerprint density at radius 1 is 1.50 bits per heavy atom. The Bertz CT molecular complexity index is 326. The maximum Gasteiger partial charge on any atom is 0.150 e. The lowest BCUT2D eigenvalue weighted by Gasteiger charge is -2.12. The summed E-state index contributed by atoms with van der Waals surface area (Å²) in [5, 5.41) is 9.96. The smallest absolute Gasteiger partial charge is 0.150 e. The molecule has 1 N–H and O–H groups in total. The number of hydrogen-bond donors (Lipinski definition) is 1. The van der Waals surface area contributed by atoms with Crippen LogP contribution in [-0.4, -0.2) is 18.5 Å². The molecule has 0 aliphatic carbocycles. The first-order valence-corrected chi connectivity index (χ1v) is 5.80. The van der Waals surface area contributed by atoms with Crippen molar-refractivity contribution in [3.8, 4) is 5.75 Å². The van der Waals surface area contributed by atoms with Crippen LogP contribution < -0.4 is 4.74 Å². The van der Waals surface area contributed by atoms with Crippen LogP contribution in [0.25, 0.3) is 0 Å².